The molecule has 11 heavy (non-hydrogen) atoms. The Morgan fingerprint density at radius 3 is 3.00 bits per heavy atom. The minimum Gasteiger partial charge on any atom is -0.387 e. The van der Waals surface area contributed by atoms with Crippen molar-refractivity contribution in [3.8, 4) is 0 Å². The second-order valence-electron chi connectivity index (χ2n) is 2.53. The predicted molar refractivity (Wildman–Crippen MR) is 44.6 cm³/mol. The van der Waals surface area contributed by atoms with Crippen molar-refractivity contribution in [3.63, 3.8) is 0 Å². The molecule has 0 aliphatic rings. The number of hydrogen-bond donors (Lipinski definition) is 2. The number of nitrogens with one attached hydrogen (secondary N) is 1. The summed E-state index contributed by atoms with van der Waals surface area (Å²) in [7, 11) is 0. The van der Waals surface area contributed by atoms with E-state index in [-0.39, 0.29) is 5.84 Å². The zero-order valence-electron chi connectivity index (χ0n) is 6.46. The van der Waals surface area contributed by atoms with Crippen LogP contribution in [0, 0.1) is 12.3 Å². The van der Waals surface area contributed by atoms with Crippen LogP contribution in [0.4, 0.5) is 0 Å². The van der Waals surface area contributed by atoms with Gasteiger partial charge in [0.2, 0.25) is 0 Å². The molecule has 0 bridgehead atoms. The molecule has 0 aromatic carbocycles. The van der Waals surface area contributed by atoms with Crippen molar-refractivity contribution in [2.75, 3.05) is 0 Å². The molecule has 0 radical (unpaired) electrons. The number of nitrogens with zero attached hydrogens (tertiary/aromatic N) is 1. The molecule has 1 aromatic heterocycles. The molecular formula is C8H11N3. The van der Waals surface area contributed by atoms with Crippen LogP contribution in [0.5, 0.6) is 0 Å². The lowest BCUT2D eigenvalue weighted by Gasteiger charge is -1.98. The molecule has 0 amide bonds. The zero-order chi connectivity index (χ0) is 8.27. The Morgan fingerprint density at radius 2 is 2.45 bits per heavy atom. The van der Waals surface area contributed by atoms with Gasteiger partial charge < -0.3 is 5.73 Å². The number of rotatable bonds is 2. The van der Waals surface area contributed by atoms with Gasteiger partial charge >= 0.3 is 0 Å². The van der Waals surface area contributed by atoms with Crippen molar-refractivity contribution in [2.45, 2.75) is 13.3 Å². The van der Waals surface area contributed by atoms with Gasteiger partial charge in [0.15, 0.2) is 0 Å². The Hall–Kier alpha value is -1.38. The molecule has 0 aliphatic heterocycles. The molecule has 0 saturated carbocycles. The Morgan fingerprint density at radius 1 is 1.73 bits per heavy atom. The third kappa shape index (κ3) is 2.37. The SMILES string of the molecule is Cc1ccnc(CC(=N)N)c1. The summed E-state index contributed by atoms with van der Waals surface area (Å²) < 4.78 is 0. The van der Waals surface area contributed by atoms with Gasteiger partial charge in [-0.1, -0.05) is 0 Å². The Balaban J connectivity index is 2.79. The third-order valence-corrected chi connectivity index (χ3v) is 1.34. The van der Waals surface area contributed by atoms with Crippen molar-refractivity contribution < 1.29 is 0 Å². The van der Waals surface area contributed by atoms with Crippen LogP contribution in [0.1, 0.15) is 11.3 Å². The van der Waals surface area contributed by atoms with Crippen LogP contribution in [0.2, 0.25) is 0 Å². The highest BCUT2D eigenvalue weighted by Crippen LogP contribution is 1.99. The largest absolute Gasteiger partial charge is 0.387 e. The van der Waals surface area contributed by atoms with Gasteiger partial charge in [-0.2, -0.15) is 0 Å². The Labute approximate surface area is 65.8 Å². The molecule has 0 saturated heterocycles. The number of aryl methyl sites for hydroxylation is 1. The number of aromatic nitrogens is 1. The average molecular weight is 149 g/mol. The molecule has 58 valence electrons. The quantitative estimate of drug-likeness (QED) is 0.484. The first-order valence-corrected chi connectivity index (χ1v) is 3.43. The number of nitrogens with two attached hydrogens (primary N) is 1. The first-order valence-electron chi connectivity index (χ1n) is 3.43. The number of pyridine rings is 1. The summed E-state index contributed by atoms with van der Waals surface area (Å²) in [5.74, 6) is 0.156. The molecule has 1 heterocycles. The first-order chi connectivity index (χ1) is 5.18. The highest BCUT2D eigenvalue weighted by Gasteiger charge is 1.95. The van der Waals surface area contributed by atoms with Gasteiger partial charge in [0.25, 0.3) is 0 Å². The molecular weight excluding hydrogens is 138 g/mol. The molecule has 0 aliphatic carbocycles. The maximum absolute atomic E-state index is 7.04. The lowest BCUT2D eigenvalue weighted by Crippen LogP contribution is -2.13. The van der Waals surface area contributed by atoms with Crippen molar-refractivity contribution in [2.24, 2.45) is 5.73 Å². The first kappa shape index (κ1) is 7.72. The minimum absolute atomic E-state index is 0.156. The highest BCUT2D eigenvalue weighted by molar-refractivity contribution is 5.78. The molecule has 3 N–H and O–H groups in total. The highest BCUT2D eigenvalue weighted by atomic mass is 14.7. The fourth-order valence-corrected chi connectivity index (χ4v) is 0.891. The molecule has 0 atom stereocenters. The molecule has 0 unspecified atom stereocenters. The van der Waals surface area contributed by atoms with Gasteiger partial charge in [-0.25, -0.2) is 0 Å². The summed E-state index contributed by atoms with van der Waals surface area (Å²) in [4.78, 5) is 4.06. The van der Waals surface area contributed by atoms with Crippen LogP contribution in [0.15, 0.2) is 18.3 Å². The maximum Gasteiger partial charge on any atom is 0.0966 e. The molecule has 1 rings (SSSR count). The molecule has 1 aromatic rings. The van der Waals surface area contributed by atoms with Gasteiger partial charge in [0.1, 0.15) is 0 Å². The Kier molecular flexibility index (Phi) is 2.21. The van der Waals surface area contributed by atoms with Gasteiger partial charge in [-0.05, 0) is 24.6 Å². The van der Waals surface area contributed by atoms with Crippen molar-refractivity contribution in [3.05, 3.63) is 29.6 Å². The molecule has 3 heteroatoms. The monoisotopic (exact) mass is 149 g/mol. The predicted octanol–water partition coefficient (Wildman–Crippen LogP) is 0.868. The van der Waals surface area contributed by atoms with E-state index in [4.69, 9.17) is 11.1 Å². The van der Waals surface area contributed by atoms with Crippen LogP contribution >= 0.6 is 0 Å². The van der Waals surface area contributed by atoms with Crippen molar-refractivity contribution >= 4 is 5.84 Å². The summed E-state index contributed by atoms with van der Waals surface area (Å²) in [6.45, 7) is 1.99. The van der Waals surface area contributed by atoms with Gasteiger partial charge in [-0.15, -0.1) is 0 Å². The summed E-state index contributed by atoms with van der Waals surface area (Å²) >= 11 is 0. The van der Waals surface area contributed by atoms with E-state index in [1.807, 2.05) is 19.1 Å². The van der Waals surface area contributed by atoms with Crippen LogP contribution in [0.3, 0.4) is 0 Å². The summed E-state index contributed by atoms with van der Waals surface area (Å²) in [6.07, 6.45) is 2.18. The number of hydrogen-bond acceptors (Lipinski definition) is 2. The normalized spacial score (nSPS) is 9.55. The summed E-state index contributed by atoms with van der Waals surface area (Å²) in [5, 5.41) is 7.04. The van der Waals surface area contributed by atoms with Crippen LogP contribution < -0.4 is 5.73 Å². The van der Waals surface area contributed by atoms with Crippen LogP contribution in [-0.2, 0) is 6.42 Å². The standard InChI is InChI=1S/C8H11N3/c1-6-2-3-11-7(4-6)5-8(9)10/h2-4H,5H2,1H3,(H3,9,10). The summed E-state index contributed by atoms with van der Waals surface area (Å²) in [6, 6.07) is 3.85. The van der Waals surface area contributed by atoms with E-state index in [0.29, 0.717) is 6.42 Å². The average Bonchev–Trinajstić information content (AvgIpc) is 1.85. The van der Waals surface area contributed by atoms with Gasteiger partial charge in [-0.3, -0.25) is 10.4 Å². The third-order valence-electron chi connectivity index (χ3n) is 1.34. The van der Waals surface area contributed by atoms with Crippen LogP contribution in [0.25, 0.3) is 0 Å². The fraction of sp³-hybridized carbons (Fsp3) is 0.250. The zero-order valence-corrected chi connectivity index (χ0v) is 6.46. The van der Waals surface area contributed by atoms with Gasteiger partial charge in [0, 0.05) is 18.3 Å². The van der Waals surface area contributed by atoms with Gasteiger partial charge in [0.05, 0.1) is 5.84 Å². The minimum atomic E-state index is 0.156. The maximum atomic E-state index is 7.04. The van der Waals surface area contributed by atoms with Crippen LogP contribution in [-0.4, -0.2) is 10.8 Å². The second-order valence-corrected chi connectivity index (χ2v) is 2.53. The van der Waals surface area contributed by atoms with E-state index in [9.17, 15) is 0 Å². The van der Waals surface area contributed by atoms with E-state index in [2.05, 4.69) is 4.98 Å². The van der Waals surface area contributed by atoms with Crippen molar-refractivity contribution in [1.82, 2.24) is 4.98 Å². The van der Waals surface area contributed by atoms with E-state index in [1.54, 1.807) is 6.20 Å². The lowest BCUT2D eigenvalue weighted by molar-refractivity contribution is 1.10. The fourth-order valence-electron chi connectivity index (χ4n) is 0.891. The summed E-state index contributed by atoms with van der Waals surface area (Å²) in [5.41, 5.74) is 7.23. The molecule has 0 fully saturated rings. The molecule has 3 nitrogen and oxygen atoms in total. The smallest absolute Gasteiger partial charge is 0.0966 e. The molecule has 0 spiro atoms. The second kappa shape index (κ2) is 3.14. The van der Waals surface area contributed by atoms with E-state index < -0.39 is 0 Å². The van der Waals surface area contributed by atoms with E-state index in [0.717, 1.165) is 11.3 Å². The number of amidine groups is 1. The van der Waals surface area contributed by atoms with E-state index in [1.165, 1.54) is 0 Å². The Bertz CT molecular complexity index is 268. The van der Waals surface area contributed by atoms with E-state index >= 15 is 0 Å². The lowest BCUT2D eigenvalue weighted by atomic mass is 10.2. The topological polar surface area (TPSA) is 62.8 Å². The van der Waals surface area contributed by atoms with Crippen molar-refractivity contribution in [1.29, 1.82) is 5.41 Å².